The van der Waals surface area contributed by atoms with Crippen molar-refractivity contribution in [3.8, 4) is 0 Å². The van der Waals surface area contributed by atoms with Crippen molar-refractivity contribution in [2.24, 2.45) is 5.92 Å². The lowest BCUT2D eigenvalue weighted by molar-refractivity contribution is -0.161. The van der Waals surface area contributed by atoms with E-state index in [1.165, 1.54) is 4.90 Å². The zero-order valence-electron chi connectivity index (χ0n) is 8.41. The molecule has 1 atom stereocenters. The van der Waals surface area contributed by atoms with Crippen LogP contribution in [0.3, 0.4) is 0 Å². The highest BCUT2D eigenvalue weighted by Crippen LogP contribution is 2.12. The number of carbonyl (C=O) groups is 2. The topological polar surface area (TPSA) is 46.6 Å². The molecule has 15 heavy (non-hydrogen) atoms. The van der Waals surface area contributed by atoms with E-state index in [2.05, 4.69) is 4.74 Å². The van der Waals surface area contributed by atoms with Crippen LogP contribution in [0.5, 0.6) is 0 Å². The van der Waals surface area contributed by atoms with Crippen LogP contribution in [0, 0.1) is 5.92 Å². The van der Waals surface area contributed by atoms with Gasteiger partial charge in [0.05, 0.1) is 0 Å². The number of amides is 1. The first-order chi connectivity index (χ1) is 7.00. The number of halogens is 2. The highest BCUT2D eigenvalue weighted by molar-refractivity contribution is 5.85. The minimum atomic E-state index is -2.93. The van der Waals surface area contributed by atoms with E-state index in [0.717, 1.165) is 0 Å². The highest BCUT2D eigenvalue weighted by atomic mass is 19.3. The van der Waals surface area contributed by atoms with E-state index >= 15 is 0 Å². The molecule has 1 aliphatic rings. The molecule has 1 rings (SSSR count). The molecule has 1 fully saturated rings. The molecule has 1 unspecified atom stereocenters. The number of ether oxygens (including phenoxy) is 1. The normalized spacial score (nSPS) is 22.3. The summed E-state index contributed by atoms with van der Waals surface area (Å²) in [6.07, 6.45) is 0.293. The molecule has 6 heteroatoms. The molecule has 0 spiro atoms. The molecular weight excluding hydrogens is 208 g/mol. The van der Waals surface area contributed by atoms with Crippen LogP contribution in [-0.4, -0.2) is 42.9 Å². The van der Waals surface area contributed by atoms with Gasteiger partial charge in [-0.1, -0.05) is 6.92 Å². The van der Waals surface area contributed by atoms with Gasteiger partial charge >= 0.3 is 6.61 Å². The van der Waals surface area contributed by atoms with E-state index in [-0.39, 0.29) is 11.7 Å². The van der Waals surface area contributed by atoms with Gasteiger partial charge in [-0.2, -0.15) is 8.78 Å². The molecule has 0 saturated carbocycles. The van der Waals surface area contributed by atoms with Gasteiger partial charge in [-0.05, 0) is 0 Å². The summed E-state index contributed by atoms with van der Waals surface area (Å²) in [4.78, 5) is 23.8. The van der Waals surface area contributed by atoms with Crippen LogP contribution >= 0.6 is 0 Å². The lowest BCUT2D eigenvalue weighted by Gasteiger charge is -2.29. The quantitative estimate of drug-likeness (QED) is 0.703. The number of rotatable bonds is 3. The van der Waals surface area contributed by atoms with Crippen LogP contribution < -0.4 is 0 Å². The summed E-state index contributed by atoms with van der Waals surface area (Å²) in [5.41, 5.74) is 0. The van der Waals surface area contributed by atoms with E-state index in [9.17, 15) is 18.4 Å². The average Bonchev–Trinajstić information content (AvgIpc) is 2.18. The minimum Gasteiger partial charge on any atom is -0.340 e. The maximum atomic E-state index is 11.7. The first-order valence-corrected chi connectivity index (χ1v) is 4.71. The third-order valence-electron chi connectivity index (χ3n) is 2.36. The van der Waals surface area contributed by atoms with Crippen molar-refractivity contribution in [3.05, 3.63) is 0 Å². The Kier molecular flexibility index (Phi) is 4.14. The number of alkyl halides is 2. The largest absolute Gasteiger partial charge is 0.345 e. The smallest absolute Gasteiger partial charge is 0.340 e. The number of hydrogen-bond acceptors (Lipinski definition) is 3. The van der Waals surface area contributed by atoms with Gasteiger partial charge in [-0.3, -0.25) is 9.59 Å². The molecule has 1 saturated heterocycles. The lowest BCUT2D eigenvalue weighted by Crippen LogP contribution is -2.44. The van der Waals surface area contributed by atoms with Gasteiger partial charge in [0.15, 0.2) is 0 Å². The maximum absolute atomic E-state index is 11.7. The fourth-order valence-corrected chi connectivity index (χ4v) is 1.47. The second-order valence-corrected chi connectivity index (χ2v) is 3.53. The summed E-state index contributed by atoms with van der Waals surface area (Å²) in [7, 11) is 0. The molecule has 0 aromatic heterocycles. The van der Waals surface area contributed by atoms with Crippen LogP contribution in [0.2, 0.25) is 0 Å². The molecule has 4 nitrogen and oxygen atoms in total. The van der Waals surface area contributed by atoms with E-state index in [4.69, 9.17) is 0 Å². The molecule has 0 aromatic rings. The van der Waals surface area contributed by atoms with Gasteiger partial charge in [0.25, 0.3) is 0 Å². The van der Waals surface area contributed by atoms with Gasteiger partial charge in [-0.15, -0.1) is 0 Å². The maximum Gasteiger partial charge on any atom is 0.345 e. The van der Waals surface area contributed by atoms with Gasteiger partial charge in [-0.25, -0.2) is 0 Å². The summed E-state index contributed by atoms with van der Waals surface area (Å²) in [5, 5.41) is 0. The van der Waals surface area contributed by atoms with Crippen LogP contribution in [0.15, 0.2) is 0 Å². The first kappa shape index (κ1) is 12.0. The van der Waals surface area contributed by atoms with Crippen LogP contribution in [-0.2, 0) is 14.3 Å². The minimum absolute atomic E-state index is 0.105. The standard InChI is InChI=1S/C9H13F2NO3/c1-6-4-12(3-2-7(6)13)8(14)5-15-9(10)11/h6,9H,2-5H2,1H3. The van der Waals surface area contributed by atoms with Gasteiger partial charge in [0.2, 0.25) is 5.91 Å². The van der Waals surface area contributed by atoms with Gasteiger partial charge in [0, 0.05) is 25.4 Å². The van der Waals surface area contributed by atoms with Crippen LogP contribution in [0.4, 0.5) is 8.78 Å². The first-order valence-electron chi connectivity index (χ1n) is 4.71. The lowest BCUT2D eigenvalue weighted by atomic mass is 9.99. The zero-order valence-corrected chi connectivity index (χ0v) is 8.41. The Hall–Kier alpha value is -1.04. The Morgan fingerprint density at radius 3 is 2.87 bits per heavy atom. The van der Waals surface area contributed by atoms with E-state index in [0.29, 0.717) is 19.5 Å². The summed E-state index contributed by atoms with van der Waals surface area (Å²) < 4.78 is 27.2. The fraction of sp³-hybridized carbons (Fsp3) is 0.778. The third-order valence-corrected chi connectivity index (χ3v) is 2.36. The molecule has 1 aliphatic heterocycles. The second-order valence-electron chi connectivity index (χ2n) is 3.53. The highest BCUT2D eigenvalue weighted by Gasteiger charge is 2.26. The number of piperidine rings is 1. The molecule has 1 heterocycles. The molecule has 0 N–H and O–H groups in total. The summed E-state index contributed by atoms with van der Waals surface area (Å²) >= 11 is 0. The molecule has 1 amide bonds. The number of Topliss-reactive ketones (excluding diaryl/α,β-unsaturated/α-hetero) is 1. The van der Waals surface area contributed by atoms with Crippen molar-refractivity contribution in [1.29, 1.82) is 0 Å². The molecule has 86 valence electrons. The van der Waals surface area contributed by atoms with Crippen molar-refractivity contribution in [3.63, 3.8) is 0 Å². The summed E-state index contributed by atoms with van der Waals surface area (Å²) in [6, 6.07) is 0. The second kappa shape index (κ2) is 5.16. The fourth-order valence-electron chi connectivity index (χ4n) is 1.47. The van der Waals surface area contributed by atoms with E-state index < -0.39 is 19.1 Å². The Morgan fingerprint density at radius 2 is 2.33 bits per heavy atom. The van der Waals surface area contributed by atoms with Crippen molar-refractivity contribution >= 4 is 11.7 Å². The SMILES string of the molecule is CC1CN(C(=O)COC(F)F)CCC1=O. The van der Waals surface area contributed by atoms with Crippen molar-refractivity contribution < 1.29 is 23.1 Å². The molecule has 0 radical (unpaired) electrons. The van der Waals surface area contributed by atoms with E-state index in [1.54, 1.807) is 6.92 Å². The van der Waals surface area contributed by atoms with Crippen LogP contribution in [0.1, 0.15) is 13.3 Å². The van der Waals surface area contributed by atoms with E-state index in [1.807, 2.05) is 0 Å². The Labute approximate surface area is 86.2 Å². The van der Waals surface area contributed by atoms with Crippen LogP contribution in [0.25, 0.3) is 0 Å². The third kappa shape index (κ3) is 3.54. The van der Waals surface area contributed by atoms with Crippen molar-refractivity contribution in [2.45, 2.75) is 20.0 Å². The molecular formula is C9H13F2NO3. The van der Waals surface area contributed by atoms with Gasteiger partial charge < -0.3 is 9.64 Å². The number of hydrogen-bond donors (Lipinski definition) is 0. The summed E-state index contributed by atoms with van der Waals surface area (Å²) in [5.74, 6) is -0.599. The van der Waals surface area contributed by atoms with Gasteiger partial charge in [0.1, 0.15) is 12.4 Å². The average molecular weight is 221 g/mol. The number of ketones is 1. The predicted octanol–water partition coefficient (Wildman–Crippen LogP) is 0.663. The predicted molar refractivity (Wildman–Crippen MR) is 47.3 cm³/mol. The van der Waals surface area contributed by atoms with Crippen molar-refractivity contribution in [2.75, 3.05) is 19.7 Å². The Morgan fingerprint density at radius 1 is 1.67 bits per heavy atom. The Bertz CT molecular complexity index is 258. The monoisotopic (exact) mass is 221 g/mol. The molecule has 0 aromatic carbocycles. The number of likely N-dealkylation sites (tertiary alicyclic amines) is 1. The number of carbonyl (C=O) groups excluding carboxylic acids is 2. The zero-order chi connectivity index (χ0) is 11.4. The molecule has 0 aliphatic carbocycles. The Balaban J connectivity index is 2.37. The van der Waals surface area contributed by atoms with Crippen molar-refractivity contribution in [1.82, 2.24) is 4.90 Å². The molecule has 0 bridgehead atoms. The number of nitrogens with zero attached hydrogens (tertiary/aromatic N) is 1. The summed E-state index contributed by atoms with van der Waals surface area (Å²) in [6.45, 7) is -1.24.